The lowest BCUT2D eigenvalue weighted by molar-refractivity contribution is 0.280. The predicted octanol–water partition coefficient (Wildman–Crippen LogP) is 0.456. The van der Waals surface area contributed by atoms with Crippen molar-refractivity contribution in [3.8, 4) is 0 Å². The van der Waals surface area contributed by atoms with Crippen LogP contribution in [0.2, 0.25) is 0 Å². The Kier molecular flexibility index (Phi) is 2.96. The van der Waals surface area contributed by atoms with Gasteiger partial charge in [-0.1, -0.05) is 0 Å². The molecule has 3 heteroatoms. The fraction of sp³-hybridized carbons (Fsp3) is 0.571. The molecule has 0 saturated carbocycles. The van der Waals surface area contributed by atoms with E-state index in [1.54, 1.807) is 6.07 Å². The first kappa shape index (κ1) is 7.28. The molecule has 3 nitrogen and oxygen atoms in total. The standard InChI is InChI=1S/C7H11N2O/c10-7-2-1-5-9-6-3-4-8-9/h3,6,10H,1-2,5,7H2. The highest BCUT2D eigenvalue weighted by Crippen LogP contribution is 1.91. The van der Waals surface area contributed by atoms with Gasteiger partial charge in [-0.25, -0.2) is 0 Å². The van der Waals surface area contributed by atoms with Crippen LogP contribution in [0.4, 0.5) is 0 Å². The molecular formula is C7H11N2O. The molecule has 0 spiro atoms. The lowest BCUT2D eigenvalue weighted by atomic mass is 10.3. The van der Waals surface area contributed by atoms with Gasteiger partial charge in [-0.2, -0.15) is 5.10 Å². The molecule has 0 aliphatic carbocycles. The van der Waals surface area contributed by atoms with E-state index in [0.29, 0.717) is 0 Å². The summed E-state index contributed by atoms with van der Waals surface area (Å²) >= 11 is 0. The number of unbranched alkanes of at least 4 members (excludes halogenated alkanes) is 1. The average molecular weight is 139 g/mol. The van der Waals surface area contributed by atoms with Crippen molar-refractivity contribution in [3.05, 3.63) is 18.5 Å². The molecule has 1 rings (SSSR count). The molecule has 0 bridgehead atoms. The molecule has 0 aromatic carbocycles. The minimum Gasteiger partial charge on any atom is -0.396 e. The van der Waals surface area contributed by atoms with Crippen molar-refractivity contribution in [2.24, 2.45) is 0 Å². The van der Waals surface area contributed by atoms with Gasteiger partial charge in [0.2, 0.25) is 0 Å². The Morgan fingerprint density at radius 3 is 3.00 bits per heavy atom. The number of aliphatic hydroxyl groups is 1. The summed E-state index contributed by atoms with van der Waals surface area (Å²) in [5.74, 6) is 0. The van der Waals surface area contributed by atoms with Gasteiger partial charge in [-0.3, -0.25) is 4.68 Å². The fourth-order valence-corrected chi connectivity index (χ4v) is 0.770. The van der Waals surface area contributed by atoms with Crippen molar-refractivity contribution < 1.29 is 5.11 Å². The zero-order chi connectivity index (χ0) is 7.23. The molecule has 0 aliphatic rings. The molecular weight excluding hydrogens is 128 g/mol. The normalized spacial score (nSPS) is 10.1. The summed E-state index contributed by atoms with van der Waals surface area (Å²) in [6.07, 6.45) is 6.40. The molecule has 0 saturated heterocycles. The number of aliphatic hydroxyl groups excluding tert-OH is 1. The van der Waals surface area contributed by atoms with E-state index in [2.05, 4.69) is 11.3 Å². The molecule has 0 unspecified atom stereocenters. The summed E-state index contributed by atoms with van der Waals surface area (Å²) in [4.78, 5) is 0. The second-order valence-electron chi connectivity index (χ2n) is 2.14. The van der Waals surface area contributed by atoms with E-state index in [9.17, 15) is 0 Å². The maximum atomic E-state index is 8.46. The van der Waals surface area contributed by atoms with Crippen LogP contribution in [-0.2, 0) is 6.54 Å². The van der Waals surface area contributed by atoms with Crippen molar-refractivity contribution in [2.45, 2.75) is 19.4 Å². The zero-order valence-corrected chi connectivity index (χ0v) is 5.82. The highest BCUT2D eigenvalue weighted by Gasteiger charge is 1.88. The van der Waals surface area contributed by atoms with Gasteiger partial charge in [0.1, 0.15) is 6.20 Å². The van der Waals surface area contributed by atoms with Crippen LogP contribution in [0.5, 0.6) is 0 Å². The van der Waals surface area contributed by atoms with Crippen LogP contribution < -0.4 is 0 Å². The Balaban J connectivity index is 2.15. The first-order valence-electron chi connectivity index (χ1n) is 3.44. The summed E-state index contributed by atoms with van der Waals surface area (Å²) in [6, 6.07) is 1.78. The van der Waals surface area contributed by atoms with Gasteiger partial charge in [0.05, 0.1) is 0 Å². The molecule has 10 heavy (non-hydrogen) atoms. The third kappa shape index (κ3) is 2.19. The molecule has 55 valence electrons. The Hall–Kier alpha value is -0.830. The molecule has 1 aromatic heterocycles. The van der Waals surface area contributed by atoms with Crippen LogP contribution in [0.1, 0.15) is 12.8 Å². The van der Waals surface area contributed by atoms with E-state index < -0.39 is 0 Å². The summed E-state index contributed by atoms with van der Waals surface area (Å²) in [5, 5.41) is 12.4. The third-order valence-corrected chi connectivity index (χ3v) is 1.30. The van der Waals surface area contributed by atoms with E-state index in [1.165, 1.54) is 0 Å². The first-order chi connectivity index (χ1) is 4.93. The monoisotopic (exact) mass is 139 g/mol. The van der Waals surface area contributed by atoms with Gasteiger partial charge in [0.25, 0.3) is 0 Å². The largest absolute Gasteiger partial charge is 0.396 e. The maximum absolute atomic E-state index is 8.46. The number of nitrogens with zero attached hydrogens (tertiary/aromatic N) is 2. The van der Waals surface area contributed by atoms with Crippen molar-refractivity contribution in [3.63, 3.8) is 0 Å². The lowest BCUT2D eigenvalue weighted by Crippen LogP contribution is -1.98. The van der Waals surface area contributed by atoms with E-state index >= 15 is 0 Å². The Labute approximate surface area is 60.3 Å². The molecule has 1 heterocycles. The van der Waals surface area contributed by atoms with E-state index in [-0.39, 0.29) is 6.61 Å². The highest BCUT2D eigenvalue weighted by atomic mass is 16.2. The lowest BCUT2D eigenvalue weighted by Gasteiger charge is -1.97. The molecule has 1 N–H and O–H groups in total. The van der Waals surface area contributed by atoms with Crippen LogP contribution in [0.3, 0.4) is 0 Å². The van der Waals surface area contributed by atoms with Gasteiger partial charge in [-0.15, -0.1) is 0 Å². The summed E-state index contributed by atoms with van der Waals surface area (Å²) < 4.78 is 1.82. The van der Waals surface area contributed by atoms with Gasteiger partial charge in [-0.05, 0) is 18.9 Å². The second-order valence-corrected chi connectivity index (χ2v) is 2.14. The number of aromatic nitrogens is 2. The number of rotatable bonds is 4. The van der Waals surface area contributed by atoms with Crippen LogP contribution in [0.25, 0.3) is 0 Å². The van der Waals surface area contributed by atoms with E-state index in [0.717, 1.165) is 19.4 Å². The Morgan fingerprint density at radius 2 is 2.40 bits per heavy atom. The van der Waals surface area contributed by atoms with Gasteiger partial charge < -0.3 is 5.11 Å². The molecule has 0 aliphatic heterocycles. The van der Waals surface area contributed by atoms with Crippen LogP contribution in [0.15, 0.2) is 12.3 Å². The second kappa shape index (κ2) is 4.06. The van der Waals surface area contributed by atoms with Crippen molar-refractivity contribution >= 4 is 0 Å². The fourth-order valence-electron chi connectivity index (χ4n) is 0.770. The molecule has 1 aromatic rings. The molecule has 1 radical (unpaired) electrons. The smallest absolute Gasteiger partial charge is 0.113 e. The summed E-state index contributed by atoms with van der Waals surface area (Å²) in [7, 11) is 0. The summed E-state index contributed by atoms with van der Waals surface area (Å²) in [6.45, 7) is 1.15. The van der Waals surface area contributed by atoms with Crippen LogP contribution in [0, 0.1) is 6.20 Å². The van der Waals surface area contributed by atoms with E-state index in [4.69, 9.17) is 5.11 Å². The topological polar surface area (TPSA) is 38.0 Å². The maximum Gasteiger partial charge on any atom is 0.113 e. The van der Waals surface area contributed by atoms with Crippen LogP contribution in [-0.4, -0.2) is 21.5 Å². The number of hydrogen-bond donors (Lipinski definition) is 1. The molecule has 0 fully saturated rings. The Bertz CT molecular complexity index is 160. The van der Waals surface area contributed by atoms with Crippen LogP contribution >= 0.6 is 0 Å². The third-order valence-electron chi connectivity index (χ3n) is 1.30. The SMILES string of the molecule is OCCCCn1cc[c]n1. The highest BCUT2D eigenvalue weighted by molar-refractivity contribution is 4.75. The van der Waals surface area contributed by atoms with Gasteiger partial charge >= 0.3 is 0 Å². The first-order valence-corrected chi connectivity index (χ1v) is 3.44. The summed E-state index contributed by atoms with van der Waals surface area (Å²) in [5.41, 5.74) is 0. The molecule has 0 atom stereocenters. The van der Waals surface area contributed by atoms with Crippen molar-refractivity contribution in [1.82, 2.24) is 9.78 Å². The van der Waals surface area contributed by atoms with Crippen molar-refractivity contribution in [1.29, 1.82) is 0 Å². The van der Waals surface area contributed by atoms with E-state index in [1.807, 2.05) is 10.9 Å². The quantitative estimate of drug-likeness (QED) is 0.615. The van der Waals surface area contributed by atoms with Gasteiger partial charge in [0.15, 0.2) is 0 Å². The predicted molar refractivity (Wildman–Crippen MR) is 37.4 cm³/mol. The number of aryl methyl sites for hydroxylation is 1. The number of hydrogen-bond acceptors (Lipinski definition) is 2. The molecule has 0 amide bonds. The average Bonchev–Trinajstić information content (AvgIpc) is 2.41. The minimum atomic E-state index is 0.269. The minimum absolute atomic E-state index is 0.269. The van der Waals surface area contributed by atoms with Crippen molar-refractivity contribution in [2.75, 3.05) is 6.61 Å². The zero-order valence-electron chi connectivity index (χ0n) is 5.82. The van der Waals surface area contributed by atoms with Gasteiger partial charge in [0, 0.05) is 19.3 Å². The Morgan fingerprint density at radius 1 is 1.50 bits per heavy atom.